The molecule has 0 fully saturated rings. The minimum Gasteiger partial charge on any atom is -0.166 e. The van der Waals surface area contributed by atoms with Gasteiger partial charge < -0.3 is 0 Å². The Labute approximate surface area is 71.4 Å². The molecule has 0 aliphatic rings. The van der Waals surface area contributed by atoms with Crippen molar-refractivity contribution in [2.24, 2.45) is 5.11 Å². The summed E-state index contributed by atoms with van der Waals surface area (Å²) in [7, 11) is 0. The molecule has 6 heteroatoms. The first-order valence-corrected chi connectivity index (χ1v) is 3.29. The highest BCUT2D eigenvalue weighted by molar-refractivity contribution is 5.46. The molecule has 1 aromatic rings. The summed E-state index contributed by atoms with van der Waals surface area (Å²) in [5.41, 5.74) is 5.11. The minimum absolute atomic E-state index is 0.343. The molecule has 0 amide bonds. The number of hydrogen-bond acceptors (Lipinski definition) is 2. The van der Waals surface area contributed by atoms with Crippen LogP contribution in [0, 0.1) is 5.53 Å². The van der Waals surface area contributed by atoms with Crippen molar-refractivity contribution in [1.29, 1.82) is 5.53 Å². The van der Waals surface area contributed by atoms with Crippen LogP contribution in [0.15, 0.2) is 29.4 Å². The number of benzene rings is 1. The Hall–Kier alpha value is -1.68. The van der Waals surface area contributed by atoms with Crippen molar-refractivity contribution in [2.75, 3.05) is 0 Å². The predicted molar refractivity (Wildman–Crippen MR) is 38.4 cm³/mol. The van der Waals surface area contributed by atoms with Gasteiger partial charge in [-0.1, -0.05) is 12.1 Å². The molecule has 1 aromatic carbocycles. The van der Waals surface area contributed by atoms with E-state index in [-0.39, 0.29) is 5.69 Å². The van der Waals surface area contributed by atoms with E-state index in [4.69, 9.17) is 5.53 Å². The molecule has 0 bridgehead atoms. The highest BCUT2D eigenvalue weighted by Crippen LogP contribution is 2.35. The fourth-order valence-electron chi connectivity index (χ4n) is 0.854. The van der Waals surface area contributed by atoms with Crippen LogP contribution in [0.1, 0.15) is 5.56 Å². The number of nitrogens with one attached hydrogen (secondary N) is 1. The van der Waals surface area contributed by atoms with E-state index in [0.717, 1.165) is 12.1 Å². The van der Waals surface area contributed by atoms with Crippen molar-refractivity contribution in [3.05, 3.63) is 29.8 Å². The predicted octanol–water partition coefficient (Wildman–Crippen LogP) is 2.89. The lowest BCUT2D eigenvalue weighted by atomic mass is 10.2. The number of nitrogens with zero attached hydrogens (tertiary/aromatic N) is 2. The highest BCUT2D eigenvalue weighted by Gasteiger charge is 2.34. The lowest BCUT2D eigenvalue weighted by Gasteiger charge is -2.05. The molecule has 0 unspecified atom stereocenters. The first-order chi connectivity index (χ1) is 6.05. The third kappa shape index (κ3) is 2.13. The van der Waals surface area contributed by atoms with Gasteiger partial charge in [-0.2, -0.15) is 13.2 Å². The molecular weight excluding hydrogens is 183 g/mol. The number of alkyl halides is 3. The summed E-state index contributed by atoms with van der Waals surface area (Å²) in [6.07, 6.45) is -4.45. The summed E-state index contributed by atoms with van der Waals surface area (Å²) in [6, 6.07) is 4.70. The molecule has 0 heterocycles. The zero-order valence-corrected chi connectivity index (χ0v) is 6.34. The summed E-state index contributed by atoms with van der Waals surface area (Å²) in [5.74, 6) is 0. The molecule has 0 aromatic heterocycles. The van der Waals surface area contributed by atoms with Gasteiger partial charge in [0.05, 0.1) is 5.56 Å². The van der Waals surface area contributed by atoms with E-state index >= 15 is 0 Å². The SMILES string of the molecule is N=[N+]=Nc1ccccc1C(F)(F)F. The summed E-state index contributed by atoms with van der Waals surface area (Å²) >= 11 is 0. The van der Waals surface area contributed by atoms with E-state index in [1.165, 1.54) is 12.1 Å². The van der Waals surface area contributed by atoms with Gasteiger partial charge in [0.15, 0.2) is 10.8 Å². The molecule has 0 saturated carbocycles. The monoisotopic (exact) mass is 188 g/mol. The Morgan fingerprint density at radius 3 is 2.38 bits per heavy atom. The average Bonchev–Trinajstić information content (AvgIpc) is 2.04. The maximum Gasteiger partial charge on any atom is 0.418 e. The molecule has 68 valence electrons. The van der Waals surface area contributed by atoms with Crippen LogP contribution in [0.4, 0.5) is 18.9 Å². The standard InChI is InChI=1S/C7H5F3N3/c8-7(9,10)5-3-1-2-4-6(5)12-13-11/h1-4,11H/q+1. The van der Waals surface area contributed by atoms with Crippen LogP contribution in [0.2, 0.25) is 0 Å². The molecule has 1 rings (SSSR count). The van der Waals surface area contributed by atoms with Gasteiger partial charge >= 0.3 is 6.18 Å². The third-order valence-corrected chi connectivity index (χ3v) is 1.37. The van der Waals surface area contributed by atoms with E-state index < -0.39 is 11.7 Å². The quantitative estimate of drug-likeness (QED) is 0.520. The van der Waals surface area contributed by atoms with Crippen LogP contribution in [-0.4, -0.2) is 0 Å². The average molecular weight is 188 g/mol. The fourth-order valence-corrected chi connectivity index (χ4v) is 0.854. The van der Waals surface area contributed by atoms with Crippen LogP contribution in [0.3, 0.4) is 0 Å². The van der Waals surface area contributed by atoms with Crippen LogP contribution in [0.25, 0.3) is 0 Å². The molecule has 13 heavy (non-hydrogen) atoms. The van der Waals surface area contributed by atoms with Crippen molar-refractivity contribution in [2.45, 2.75) is 6.18 Å². The Balaban J connectivity index is 3.27. The molecule has 0 spiro atoms. The van der Waals surface area contributed by atoms with E-state index in [2.05, 4.69) is 10.0 Å². The van der Waals surface area contributed by atoms with Crippen molar-refractivity contribution in [3.8, 4) is 0 Å². The maximum absolute atomic E-state index is 12.2. The number of halogens is 3. The molecule has 3 nitrogen and oxygen atoms in total. The Kier molecular flexibility index (Phi) is 2.44. The smallest absolute Gasteiger partial charge is 0.166 e. The van der Waals surface area contributed by atoms with Crippen LogP contribution < -0.4 is 4.91 Å². The first-order valence-electron chi connectivity index (χ1n) is 3.29. The molecule has 1 N–H and O–H groups in total. The van der Waals surface area contributed by atoms with Gasteiger partial charge in [0.1, 0.15) is 5.53 Å². The van der Waals surface area contributed by atoms with Gasteiger partial charge in [-0.3, -0.25) is 0 Å². The lowest BCUT2D eigenvalue weighted by molar-refractivity contribution is -0.137. The first kappa shape index (κ1) is 9.41. The van der Waals surface area contributed by atoms with E-state index in [1.54, 1.807) is 0 Å². The second-order valence-electron chi connectivity index (χ2n) is 2.21. The summed E-state index contributed by atoms with van der Waals surface area (Å²) in [6.45, 7) is 0. The van der Waals surface area contributed by atoms with Gasteiger partial charge in [0.25, 0.3) is 0 Å². The van der Waals surface area contributed by atoms with Gasteiger partial charge in [0.2, 0.25) is 4.91 Å². The third-order valence-electron chi connectivity index (χ3n) is 1.37. The summed E-state index contributed by atoms with van der Waals surface area (Å²) < 4.78 is 36.6. The molecule has 0 radical (unpaired) electrons. The van der Waals surface area contributed by atoms with Gasteiger partial charge in [-0.15, -0.1) is 0 Å². The fraction of sp³-hybridized carbons (Fsp3) is 0.143. The number of rotatable bonds is 1. The molecule has 0 aliphatic heterocycles. The second kappa shape index (κ2) is 3.37. The summed E-state index contributed by atoms with van der Waals surface area (Å²) in [5, 5.41) is 3.04. The molecule has 0 aliphatic carbocycles. The largest absolute Gasteiger partial charge is 0.418 e. The zero-order valence-electron chi connectivity index (χ0n) is 6.34. The van der Waals surface area contributed by atoms with E-state index in [0.29, 0.717) is 0 Å². The van der Waals surface area contributed by atoms with Crippen molar-refractivity contribution in [1.82, 2.24) is 4.91 Å². The topological polar surface area (TPSA) is 50.3 Å². The van der Waals surface area contributed by atoms with Crippen molar-refractivity contribution >= 4 is 5.69 Å². The van der Waals surface area contributed by atoms with Crippen LogP contribution in [0.5, 0.6) is 0 Å². The highest BCUT2D eigenvalue weighted by atomic mass is 19.4. The van der Waals surface area contributed by atoms with Gasteiger partial charge in [-0.25, -0.2) is 0 Å². The molecule has 0 atom stereocenters. The lowest BCUT2D eigenvalue weighted by Crippen LogP contribution is -2.04. The van der Waals surface area contributed by atoms with E-state index in [1.807, 2.05) is 0 Å². The molecular formula is C7H5F3N3+. The zero-order chi connectivity index (χ0) is 9.90. The maximum atomic E-state index is 12.2. The second-order valence-corrected chi connectivity index (χ2v) is 2.21. The Bertz CT molecular complexity index is 352. The minimum atomic E-state index is -4.45. The summed E-state index contributed by atoms with van der Waals surface area (Å²) in [4.78, 5) is 2.56. The number of hydrogen-bond donors (Lipinski definition) is 1. The van der Waals surface area contributed by atoms with Crippen LogP contribution >= 0.6 is 0 Å². The van der Waals surface area contributed by atoms with E-state index in [9.17, 15) is 13.2 Å². The normalized spacial score (nSPS) is 10.7. The molecule has 0 saturated heterocycles. The van der Waals surface area contributed by atoms with Crippen molar-refractivity contribution < 1.29 is 13.2 Å². The van der Waals surface area contributed by atoms with Gasteiger partial charge in [-0.05, 0) is 12.1 Å². The van der Waals surface area contributed by atoms with Gasteiger partial charge in [0, 0.05) is 0 Å². The Morgan fingerprint density at radius 1 is 1.23 bits per heavy atom. The Morgan fingerprint density at radius 2 is 1.85 bits per heavy atom. The van der Waals surface area contributed by atoms with Crippen molar-refractivity contribution in [3.63, 3.8) is 0 Å². The van der Waals surface area contributed by atoms with Crippen LogP contribution in [-0.2, 0) is 6.18 Å².